The largest absolute Gasteiger partial charge is 0.339 e. The highest BCUT2D eigenvalue weighted by molar-refractivity contribution is 8.01. The lowest BCUT2D eigenvalue weighted by molar-refractivity contribution is -0.132. The number of thioether (sulfide) groups is 1. The monoisotopic (exact) mass is 390 g/mol. The highest BCUT2D eigenvalue weighted by Gasteiger charge is 2.25. The lowest BCUT2D eigenvalue weighted by Gasteiger charge is -2.35. The number of hydrogen-bond acceptors (Lipinski definition) is 6. The average Bonchev–Trinajstić information content (AvgIpc) is 3.09. The van der Waals surface area contributed by atoms with Gasteiger partial charge in [-0.15, -0.1) is 10.2 Å². The van der Waals surface area contributed by atoms with Crippen molar-refractivity contribution in [2.75, 3.05) is 17.6 Å². The first-order valence-corrected chi connectivity index (χ1v) is 11.0. The topological polar surface area (TPSA) is 58.1 Å². The van der Waals surface area contributed by atoms with Gasteiger partial charge in [0.15, 0.2) is 4.34 Å². The fourth-order valence-electron chi connectivity index (χ4n) is 3.35. The number of carbonyl (C=O) groups excluding carboxylic acids is 1. The Morgan fingerprint density at radius 3 is 2.96 bits per heavy atom. The molecule has 0 bridgehead atoms. The van der Waals surface area contributed by atoms with Gasteiger partial charge in [0, 0.05) is 18.3 Å². The molecule has 3 rings (SSSR count). The van der Waals surface area contributed by atoms with Crippen molar-refractivity contribution in [1.29, 1.82) is 0 Å². The van der Waals surface area contributed by atoms with Gasteiger partial charge in [-0.3, -0.25) is 4.79 Å². The van der Waals surface area contributed by atoms with Crippen LogP contribution in [0.1, 0.15) is 43.7 Å². The Bertz CT molecular complexity index is 762. The van der Waals surface area contributed by atoms with Crippen LogP contribution in [-0.2, 0) is 4.79 Å². The number of piperidine rings is 1. The molecule has 140 valence electrons. The molecule has 0 spiro atoms. The predicted octanol–water partition coefficient (Wildman–Crippen LogP) is 4.78. The van der Waals surface area contributed by atoms with Crippen LogP contribution in [0.4, 0.5) is 10.8 Å². The van der Waals surface area contributed by atoms with Crippen LogP contribution in [0.25, 0.3) is 0 Å². The van der Waals surface area contributed by atoms with Gasteiger partial charge in [-0.25, -0.2) is 0 Å². The molecule has 1 amide bonds. The Hall–Kier alpha value is -1.60. The molecule has 7 heteroatoms. The van der Waals surface area contributed by atoms with Gasteiger partial charge < -0.3 is 10.2 Å². The highest BCUT2D eigenvalue weighted by atomic mass is 32.2. The van der Waals surface area contributed by atoms with Gasteiger partial charge >= 0.3 is 0 Å². The number of aromatic nitrogens is 2. The highest BCUT2D eigenvalue weighted by Crippen LogP contribution is 2.30. The summed E-state index contributed by atoms with van der Waals surface area (Å²) in [5, 5.41) is 12.5. The number of amides is 1. The number of nitrogens with one attached hydrogen (secondary N) is 1. The van der Waals surface area contributed by atoms with E-state index < -0.39 is 0 Å². The van der Waals surface area contributed by atoms with Crippen molar-refractivity contribution >= 4 is 39.8 Å². The van der Waals surface area contributed by atoms with Crippen molar-refractivity contribution in [3.05, 3.63) is 29.3 Å². The summed E-state index contributed by atoms with van der Waals surface area (Å²) in [6.45, 7) is 7.22. The molecular formula is C19H26N4OS2. The van der Waals surface area contributed by atoms with Crippen LogP contribution in [0.2, 0.25) is 0 Å². The second-order valence-electron chi connectivity index (χ2n) is 6.75. The average molecular weight is 391 g/mol. The number of hydrogen-bond donors (Lipinski definition) is 1. The molecule has 5 nitrogen and oxygen atoms in total. The Morgan fingerprint density at radius 1 is 1.35 bits per heavy atom. The summed E-state index contributed by atoms with van der Waals surface area (Å²) in [7, 11) is 0. The third-order valence-electron chi connectivity index (χ3n) is 4.77. The van der Waals surface area contributed by atoms with E-state index in [9.17, 15) is 4.79 Å². The Kier molecular flexibility index (Phi) is 6.53. The third kappa shape index (κ3) is 4.76. The Labute approximate surface area is 163 Å². The van der Waals surface area contributed by atoms with E-state index in [1.54, 1.807) is 0 Å². The van der Waals surface area contributed by atoms with E-state index in [-0.39, 0.29) is 5.91 Å². The molecule has 0 unspecified atom stereocenters. The van der Waals surface area contributed by atoms with E-state index >= 15 is 0 Å². The Balaban J connectivity index is 1.55. The first-order chi connectivity index (χ1) is 12.6. The van der Waals surface area contributed by atoms with Crippen LogP contribution >= 0.6 is 23.1 Å². The maximum absolute atomic E-state index is 12.6. The Morgan fingerprint density at radius 2 is 2.19 bits per heavy atom. The minimum atomic E-state index is 0.223. The van der Waals surface area contributed by atoms with Gasteiger partial charge in [-0.1, -0.05) is 47.7 Å². The molecule has 2 heterocycles. The summed E-state index contributed by atoms with van der Waals surface area (Å²) in [6, 6.07) is 6.69. The quantitative estimate of drug-likeness (QED) is 0.719. The molecule has 1 fully saturated rings. The number of carbonyl (C=O) groups is 1. The first-order valence-electron chi connectivity index (χ1n) is 9.17. The van der Waals surface area contributed by atoms with Gasteiger partial charge in [-0.05, 0) is 51.2 Å². The number of likely N-dealkylation sites (tertiary alicyclic amines) is 1. The number of anilines is 2. The van der Waals surface area contributed by atoms with Gasteiger partial charge in [0.05, 0.1) is 5.75 Å². The summed E-state index contributed by atoms with van der Waals surface area (Å²) in [6.07, 6.45) is 4.53. The van der Waals surface area contributed by atoms with Crippen molar-refractivity contribution in [3.63, 3.8) is 0 Å². The number of rotatable bonds is 6. The van der Waals surface area contributed by atoms with E-state index in [0.29, 0.717) is 11.8 Å². The van der Waals surface area contributed by atoms with Crippen LogP contribution in [0.15, 0.2) is 22.5 Å². The molecule has 1 aliphatic heterocycles. The summed E-state index contributed by atoms with van der Waals surface area (Å²) in [5.41, 5.74) is 3.46. The summed E-state index contributed by atoms with van der Waals surface area (Å²) in [5.74, 6) is 0.662. The smallest absolute Gasteiger partial charge is 0.233 e. The van der Waals surface area contributed by atoms with Gasteiger partial charge in [0.25, 0.3) is 0 Å². The minimum Gasteiger partial charge on any atom is -0.339 e. The van der Waals surface area contributed by atoms with Crippen molar-refractivity contribution in [3.8, 4) is 0 Å². The molecule has 1 saturated heterocycles. The van der Waals surface area contributed by atoms with E-state index in [2.05, 4.69) is 59.4 Å². The molecule has 0 aliphatic carbocycles. The molecule has 1 N–H and O–H groups in total. The van der Waals surface area contributed by atoms with Crippen molar-refractivity contribution in [1.82, 2.24) is 15.1 Å². The lowest BCUT2D eigenvalue weighted by atomic mass is 10.0. The third-order valence-corrected chi connectivity index (χ3v) is 6.72. The summed E-state index contributed by atoms with van der Waals surface area (Å²) >= 11 is 2.98. The normalized spacial score (nSPS) is 17.3. The van der Waals surface area contributed by atoms with E-state index in [4.69, 9.17) is 0 Å². The zero-order valence-corrected chi connectivity index (χ0v) is 17.3. The van der Waals surface area contributed by atoms with Gasteiger partial charge in [0.1, 0.15) is 0 Å². The summed E-state index contributed by atoms with van der Waals surface area (Å²) in [4.78, 5) is 14.6. The van der Waals surface area contributed by atoms with Crippen molar-refractivity contribution < 1.29 is 4.79 Å². The van der Waals surface area contributed by atoms with Gasteiger partial charge in [-0.2, -0.15) is 0 Å². The van der Waals surface area contributed by atoms with Crippen molar-refractivity contribution in [2.24, 2.45) is 0 Å². The molecule has 1 atom stereocenters. The van der Waals surface area contributed by atoms with Crippen LogP contribution in [0.3, 0.4) is 0 Å². The number of nitrogens with zero attached hydrogens (tertiary/aromatic N) is 3. The van der Waals surface area contributed by atoms with Crippen molar-refractivity contribution in [2.45, 2.75) is 56.8 Å². The van der Waals surface area contributed by atoms with E-state index in [1.165, 1.54) is 40.6 Å². The molecule has 26 heavy (non-hydrogen) atoms. The summed E-state index contributed by atoms with van der Waals surface area (Å²) < 4.78 is 0.829. The van der Waals surface area contributed by atoms with E-state index in [1.807, 2.05) is 0 Å². The maximum atomic E-state index is 12.6. The fraction of sp³-hybridized carbons (Fsp3) is 0.526. The molecule has 1 aromatic heterocycles. The minimum absolute atomic E-state index is 0.223. The molecule has 0 saturated carbocycles. The molecular weight excluding hydrogens is 364 g/mol. The zero-order chi connectivity index (χ0) is 18.5. The standard InChI is InChI=1S/C19H26N4OS2/c1-4-15-7-5-6-10-23(15)17(24)12-25-19-22-21-18(26-19)20-16-9-8-13(2)11-14(16)3/h8-9,11,15H,4-7,10,12H2,1-3H3,(H,20,21)/t15-/m1/s1. The number of aryl methyl sites for hydroxylation is 2. The maximum Gasteiger partial charge on any atom is 0.233 e. The van der Waals surface area contributed by atoms with Crippen LogP contribution in [0.5, 0.6) is 0 Å². The molecule has 0 radical (unpaired) electrons. The van der Waals surface area contributed by atoms with Gasteiger partial charge in [0.2, 0.25) is 11.0 Å². The zero-order valence-electron chi connectivity index (χ0n) is 15.6. The predicted molar refractivity (Wildman–Crippen MR) is 109 cm³/mol. The second-order valence-corrected chi connectivity index (χ2v) is 8.95. The van der Waals surface area contributed by atoms with E-state index in [0.717, 1.165) is 41.0 Å². The first kappa shape index (κ1) is 19.2. The molecule has 2 aromatic rings. The van der Waals surface area contributed by atoms with Crippen LogP contribution < -0.4 is 5.32 Å². The number of benzene rings is 1. The second kappa shape index (κ2) is 8.86. The molecule has 1 aromatic carbocycles. The lowest BCUT2D eigenvalue weighted by Crippen LogP contribution is -2.44. The van der Waals surface area contributed by atoms with Crippen LogP contribution in [0, 0.1) is 13.8 Å². The fourth-order valence-corrected chi connectivity index (χ4v) is 5.00. The SMILES string of the molecule is CC[C@@H]1CCCCN1C(=O)CSc1nnc(Nc2ccc(C)cc2C)s1. The molecule has 1 aliphatic rings. The van der Waals surface area contributed by atoms with Crippen LogP contribution in [-0.4, -0.2) is 39.3 Å².